The van der Waals surface area contributed by atoms with Crippen LogP contribution in [0, 0.1) is 0 Å². The summed E-state index contributed by atoms with van der Waals surface area (Å²) < 4.78 is 7.25. The van der Waals surface area contributed by atoms with E-state index in [2.05, 4.69) is 27.4 Å². The van der Waals surface area contributed by atoms with Gasteiger partial charge in [-0.05, 0) is 32.9 Å². The number of hydrogen-bond acceptors (Lipinski definition) is 6. The SMILES string of the molecule is C=CCn1c(SCC(=O)NC(=O)NC(C)(C)C)nnc1-c1ccccc1OC. The number of methoxy groups -OCH3 is 1. The molecule has 9 heteroatoms. The minimum atomic E-state index is -0.527. The molecule has 28 heavy (non-hydrogen) atoms. The van der Waals surface area contributed by atoms with Crippen molar-refractivity contribution in [2.75, 3.05) is 12.9 Å². The number of carbonyl (C=O) groups excluding carboxylic acids is 2. The highest BCUT2D eigenvalue weighted by atomic mass is 32.2. The Balaban J connectivity index is 2.12. The highest BCUT2D eigenvalue weighted by Crippen LogP contribution is 2.30. The summed E-state index contributed by atoms with van der Waals surface area (Å²) in [6.45, 7) is 9.75. The average Bonchev–Trinajstić information content (AvgIpc) is 3.01. The van der Waals surface area contributed by atoms with E-state index in [4.69, 9.17) is 4.74 Å². The predicted octanol–water partition coefficient (Wildman–Crippen LogP) is 2.86. The van der Waals surface area contributed by atoms with Crippen LogP contribution in [0.5, 0.6) is 5.75 Å². The first-order valence-electron chi connectivity index (χ1n) is 8.67. The van der Waals surface area contributed by atoms with Crippen LogP contribution >= 0.6 is 11.8 Å². The predicted molar refractivity (Wildman–Crippen MR) is 109 cm³/mol. The first-order chi connectivity index (χ1) is 13.2. The lowest BCUT2D eigenvalue weighted by Gasteiger charge is -2.20. The Labute approximate surface area is 168 Å². The zero-order valence-electron chi connectivity index (χ0n) is 16.5. The summed E-state index contributed by atoms with van der Waals surface area (Å²) in [5.74, 6) is 0.900. The van der Waals surface area contributed by atoms with Crippen molar-refractivity contribution in [2.24, 2.45) is 0 Å². The van der Waals surface area contributed by atoms with E-state index in [1.807, 2.05) is 49.6 Å². The molecule has 0 saturated carbocycles. The molecule has 0 unspecified atom stereocenters. The van der Waals surface area contributed by atoms with E-state index in [0.717, 1.165) is 5.56 Å². The van der Waals surface area contributed by atoms with Crippen LogP contribution in [0.1, 0.15) is 20.8 Å². The monoisotopic (exact) mass is 403 g/mol. The normalized spacial score (nSPS) is 11.0. The number of hydrogen-bond donors (Lipinski definition) is 2. The molecule has 8 nitrogen and oxygen atoms in total. The van der Waals surface area contributed by atoms with Gasteiger partial charge in [-0.2, -0.15) is 0 Å². The Kier molecular flexibility index (Phi) is 7.22. The summed E-state index contributed by atoms with van der Waals surface area (Å²) in [5, 5.41) is 14.0. The maximum absolute atomic E-state index is 12.1. The van der Waals surface area contributed by atoms with E-state index in [-0.39, 0.29) is 5.75 Å². The molecule has 0 bridgehead atoms. The molecule has 150 valence electrons. The van der Waals surface area contributed by atoms with E-state index in [0.29, 0.717) is 23.3 Å². The Hall–Kier alpha value is -2.81. The van der Waals surface area contributed by atoms with Gasteiger partial charge in [0.2, 0.25) is 5.91 Å². The lowest BCUT2D eigenvalue weighted by molar-refractivity contribution is -0.117. The second-order valence-corrected chi connectivity index (χ2v) is 7.89. The molecule has 1 heterocycles. The lowest BCUT2D eigenvalue weighted by atomic mass is 10.1. The molecule has 0 spiro atoms. The number of para-hydroxylation sites is 1. The van der Waals surface area contributed by atoms with Gasteiger partial charge >= 0.3 is 6.03 Å². The number of allylic oxidation sites excluding steroid dienone is 1. The van der Waals surface area contributed by atoms with Crippen molar-refractivity contribution in [3.05, 3.63) is 36.9 Å². The number of aromatic nitrogens is 3. The fourth-order valence-corrected chi connectivity index (χ4v) is 3.13. The molecule has 0 radical (unpaired) electrons. The van der Waals surface area contributed by atoms with Gasteiger partial charge in [-0.15, -0.1) is 16.8 Å². The molecular formula is C19H25N5O3S. The highest BCUT2D eigenvalue weighted by Gasteiger charge is 2.19. The van der Waals surface area contributed by atoms with Gasteiger partial charge in [0, 0.05) is 12.1 Å². The van der Waals surface area contributed by atoms with Crippen LogP contribution in [0.4, 0.5) is 4.79 Å². The average molecular weight is 404 g/mol. The van der Waals surface area contributed by atoms with Gasteiger partial charge in [-0.25, -0.2) is 4.79 Å². The van der Waals surface area contributed by atoms with Gasteiger partial charge in [0.25, 0.3) is 0 Å². The quantitative estimate of drug-likeness (QED) is 0.545. The fourth-order valence-electron chi connectivity index (χ4n) is 2.38. The first-order valence-corrected chi connectivity index (χ1v) is 9.66. The van der Waals surface area contributed by atoms with Crippen LogP contribution in [0.15, 0.2) is 42.1 Å². The third kappa shape index (κ3) is 5.85. The van der Waals surface area contributed by atoms with Crippen LogP contribution < -0.4 is 15.4 Å². The summed E-state index contributed by atoms with van der Waals surface area (Å²) in [7, 11) is 1.59. The number of carbonyl (C=O) groups is 2. The smallest absolute Gasteiger partial charge is 0.321 e. The zero-order valence-corrected chi connectivity index (χ0v) is 17.3. The highest BCUT2D eigenvalue weighted by molar-refractivity contribution is 7.99. The van der Waals surface area contributed by atoms with Crippen LogP contribution in [-0.2, 0) is 11.3 Å². The Morgan fingerprint density at radius 3 is 2.64 bits per heavy atom. The topological polar surface area (TPSA) is 98.1 Å². The molecule has 2 rings (SSSR count). The number of thioether (sulfide) groups is 1. The van der Waals surface area contributed by atoms with E-state index < -0.39 is 17.5 Å². The molecule has 2 N–H and O–H groups in total. The summed E-state index contributed by atoms with van der Waals surface area (Å²) in [6, 6.07) is 6.97. The van der Waals surface area contributed by atoms with Crippen molar-refractivity contribution in [1.82, 2.24) is 25.4 Å². The maximum atomic E-state index is 12.1. The number of nitrogens with zero attached hydrogens (tertiary/aromatic N) is 3. The van der Waals surface area contributed by atoms with E-state index in [9.17, 15) is 9.59 Å². The largest absolute Gasteiger partial charge is 0.496 e. The molecule has 1 aromatic heterocycles. The number of nitrogens with one attached hydrogen (secondary N) is 2. The molecule has 3 amide bonds. The van der Waals surface area contributed by atoms with E-state index in [1.165, 1.54) is 11.8 Å². The third-order valence-corrected chi connectivity index (χ3v) is 4.42. The van der Waals surface area contributed by atoms with E-state index in [1.54, 1.807) is 13.2 Å². The number of amides is 3. The lowest BCUT2D eigenvalue weighted by Crippen LogP contribution is -2.48. The number of urea groups is 1. The number of rotatable bonds is 7. The van der Waals surface area contributed by atoms with Gasteiger partial charge in [-0.1, -0.05) is 30.0 Å². The molecule has 0 saturated heterocycles. The standard InChI is InChI=1S/C19H25N5O3S/c1-6-11-24-16(13-9-7-8-10-14(13)27-5)22-23-18(24)28-12-15(25)20-17(26)21-19(2,3)4/h6-10H,1,11-12H2,2-5H3,(H2,20,21,25,26). The van der Waals surface area contributed by atoms with Crippen molar-refractivity contribution < 1.29 is 14.3 Å². The van der Waals surface area contributed by atoms with Crippen LogP contribution in [0.25, 0.3) is 11.4 Å². The fraction of sp³-hybridized carbons (Fsp3) is 0.368. The second-order valence-electron chi connectivity index (χ2n) is 6.95. The molecule has 0 atom stereocenters. The minimum Gasteiger partial charge on any atom is -0.496 e. The summed E-state index contributed by atoms with van der Waals surface area (Å²) >= 11 is 1.19. The number of ether oxygens (including phenoxy) is 1. The molecule has 0 aliphatic heterocycles. The van der Waals surface area contributed by atoms with Gasteiger partial charge in [-0.3, -0.25) is 14.7 Å². The maximum Gasteiger partial charge on any atom is 0.321 e. The van der Waals surface area contributed by atoms with Crippen molar-refractivity contribution >= 4 is 23.7 Å². The second kappa shape index (κ2) is 9.41. The molecular weight excluding hydrogens is 378 g/mol. The van der Waals surface area contributed by atoms with E-state index >= 15 is 0 Å². The van der Waals surface area contributed by atoms with Crippen LogP contribution in [-0.4, -0.2) is 45.1 Å². The van der Waals surface area contributed by atoms with Crippen molar-refractivity contribution in [3.63, 3.8) is 0 Å². The van der Waals surface area contributed by atoms with Gasteiger partial charge in [0.1, 0.15) is 5.75 Å². The molecule has 0 fully saturated rings. The molecule has 0 aliphatic rings. The van der Waals surface area contributed by atoms with Crippen LogP contribution in [0.3, 0.4) is 0 Å². The molecule has 0 aliphatic carbocycles. The summed E-state index contributed by atoms with van der Waals surface area (Å²) in [5.41, 5.74) is 0.367. The number of benzene rings is 1. The number of imide groups is 1. The van der Waals surface area contributed by atoms with Crippen molar-refractivity contribution in [1.29, 1.82) is 0 Å². The van der Waals surface area contributed by atoms with Crippen molar-refractivity contribution in [3.8, 4) is 17.1 Å². The summed E-state index contributed by atoms with van der Waals surface area (Å²) in [6.07, 6.45) is 1.73. The Morgan fingerprint density at radius 2 is 2.00 bits per heavy atom. The molecule has 1 aromatic carbocycles. The summed E-state index contributed by atoms with van der Waals surface area (Å²) in [4.78, 5) is 23.9. The van der Waals surface area contributed by atoms with Crippen LogP contribution in [0.2, 0.25) is 0 Å². The first kappa shape index (κ1) is 21.5. The molecule has 2 aromatic rings. The van der Waals surface area contributed by atoms with Gasteiger partial charge in [0.05, 0.1) is 18.4 Å². The Morgan fingerprint density at radius 1 is 1.29 bits per heavy atom. The Bertz CT molecular complexity index is 857. The zero-order chi connectivity index (χ0) is 20.7. The van der Waals surface area contributed by atoms with Gasteiger partial charge < -0.3 is 10.1 Å². The minimum absolute atomic E-state index is 0.0266. The third-order valence-electron chi connectivity index (χ3n) is 3.45. The van der Waals surface area contributed by atoms with Gasteiger partial charge in [0.15, 0.2) is 11.0 Å². The van der Waals surface area contributed by atoms with Crippen molar-refractivity contribution in [2.45, 2.75) is 38.0 Å².